The van der Waals surface area contributed by atoms with Gasteiger partial charge in [-0.1, -0.05) is 226 Å². The van der Waals surface area contributed by atoms with Crippen LogP contribution < -0.4 is 4.90 Å². The molecule has 12 aromatic rings. The lowest BCUT2D eigenvalue weighted by atomic mass is 9.65. The van der Waals surface area contributed by atoms with Crippen LogP contribution in [0, 0.1) is 0 Å². The maximum atomic E-state index is 2.60. The molecule has 0 bridgehead atoms. The zero-order valence-corrected chi connectivity index (χ0v) is 40.6. The van der Waals surface area contributed by atoms with Crippen molar-refractivity contribution < 1.29 is 0 Å². The Morgan fingerprint density at radius 1 is 0.329 bits per heavy atom. The number of aromatic nitrogens is 1. The van der Waals surface area contributed by atoms with Gasteiger partial charge in [0.25, 0.3) is 0 Å². The minimum atomic E-state index is -0.601. The molecule has 0 amide bonds. The lowest BCUT2D eigenvalue weighted by Gasteiger charge is -2.40. The van der Waals surface area contributed by atoms with E-state index in [1.807, 2.05) is 0 Å². The summed E-state index contributed by atoms with van der Waals surface area (Å²) in [6.07, 6.45) is 0. The first-order valence-corrected chi connectivity index (χ1v) is 25.8. The molecule has 0 saturated carbocycles. The van der Waals surface area contributed by atoms with Crippen LogP contribution >= 0.6 is 0 Å². The molecule has 0 N–H and O–H groups in total. The summed E-state index contributed by atoms with van der Waals surface area (Å²) in [5.74, 6) is 0. The summed E-state index contributed by atoms with van der Waals surface area (Å²) < 4.78 is 2.54. The zero-order chi connectivity index (χ0) is 48.2. The van der Waals surface area contributed by atoms with Crippen molar-refractivity contribution in [1.29, 1.82) is 0 Å². The minimum Gasteiger partial charge on any atom is -0.310 e. The van der Waals surface area contributed by atoms with Gasteiger partial charge in [-0.3, -0.25) is 0 Å². The van der Waals surface area contributed by atoms with Crippen LogP contribution in [0.15, 0.2) is 255 Å². The topological polar surface area (TPSA) is 8.17 Å². The lowest BCUT2D eigenvalue weighted by Crippen LogP contribution is -2.33. The van der Waals surface area contributed by atoms with Gasteiger partial charge in [-0.2, -0.15) is 0 Å². The molecule has 1 unspecified atom stereocenters. The predicted octanol–water partition coefficient (Wildman–Crippen LogP) is 17.6. The fraction of sp³-hybridized carbons (Fsp3) is 0.0704. The number of para-hydroxylation sites is 3. The molecular weight excluding hydrogens is 881 g/mol. The van der Waals surface area contributed by atoms with Gasteiger partial charge in [-0.15, -0.1) is 0 Å². The van der Waals surface area contributed by atoms with Crippen molar-refractivity contribution in [1.82, 2.24) is 4.57 Å². The fourth-order valence-electron chi connectivity index (χ4n) is 14.6. The second-order valence-corrected chi connectivity index (χ2v) is 21.1. The Hall–Kier alpha value is -8.98. The summed E-state index contributed by atoms with van der Waals surface area (Å²) in [5.41, 5.74) is 26.6. The number of nitrogens with zero attached hydrogens (tertiary/aromatic N) is 2. The van der Waals surface area contributed by atoms with Gasteiger partial charge in [0.2, 0.25) is 0 Å². The first-order valence-electron chi connectivity index (χ1n) is 25.8. The van der Waals surface area contributed by atoms with Crippen LogP contribution in [0.25, 0.3) is 60.9 Å². The Kier molecular flexibility index (Phi) is 8.12. The summed E-state index contributed by atoms with van der Waals surface area (Å²) in [5, 5.41) is 2.56. The Labute approximate surface area is 425 Å². The van der Waals surface area contributed by atoms with Crippen molar-refractivity contribution in [2.45, 2.75) is 30.1 Å². The van der Waals surface area contributed by atoms with Gasteiger partial charge in [0.1, 0.15) is 0 Å². The van der Waals surface area contributed by atoms with Crippen LogP contribution in [0.5, 0.6) is 0 Å². The van der Waals surface area contributed by atoms with Crippen molar-refractivity contribution in [3.05, 3.63) is 310 Å². The summed E-state index contributed by atoms with van der Waals surface area (Å²) in [7, 11) is 0. The van der Waals surface area contributed by atoms with Gasteiger partial charge in [0.15, 0.2) is 0 Å². The SMILES string of the molecule is CC1(C)c2ccccc2-c2ccc(N(c3ccc4c(c3)C3(c5ccccc5-4)c4ccccc4-n4c5ccccc5c5cccc3c54)c3cccc4c3-c3ccccc3C4(c3ccccc3)c3ccccc3)cc21. The standard InChI is InChI=1S/C71H48N2/c1-69(2)56-30-13-9-25-49(56)51-41-39-47(43-62(51)69)72(66-38-20-34-60-67(66)55-28-11-15-32-58(55)70(60,45-21-5-3-6-22-45)46-23-7-4-8-24-46)48-40-42-52-50-26-10-14-31-57(50)71(63(52)44-48)59-33-16-18-37-65(59)73-64-36-17-12-27-53(64)54-29-19-35-61(71)68(54)73/h3-44H,1-2H3. The molecule has 11 aromatic carbocycles. The molecule has 73 heavy (non-hydrogen) atoms. The molecule has 1 aromatic heterocycles. The zero-order valence-electron chi connectivity index (χ0n) is 40.6. The molecule has 2 heteroatoms. The first-order chi connectivity index (χ1) is 36.0. The quantitative estimate of drug-likeness (QED) is 0.167. The average molecular weight is 929 g/mol. The molecule has 0 radical (unpaired) electrons. The molecule has 3 aliphatic carbocycles. The third kappa shape index (κ3) is 5.03. The molecule has 1 spiro atoms. The molecule has 0 fully saturated rings. The van der Waals surface area contributed by atoms with Gasteiger partial charge >= 0.3 is 0 Å². The van der Waals surface area contributed by atoms with E-state index in [-0.39, 0.29) is 5.41 Å². The summed E-state index contributed by atoms with van der Waals surface area (Å²) >= 11 is 0. The number of fused-ring (bicyclic) bond motifs is 18. The summed E-state index contributed by atoms with van der Waals surface area (Å²) in [6.45, 7) is 4.79. The molecule has 1 aliphatic heterocycles. The Balaban J connectivity index is 1.02. The van der Waals surface area contributed by atoms with Crippen LogP contribution in [0.4, 0.5) is 17.1 Å². The van der Waals surface area contributed by atoms with Crippen molar-refractivity contribution in [2.24, 2.45) is 0 Å². The van der Waals surface area contributed by atoms with Gasteiger partial charge in [0.05, 0.1) is 33.2 Å². The third-order valence-corrected chi connectivity index (χ3v) is 17.5. The van der Waals surface area contributed by atoms with Gasteiger partial charge in [-0.05, 0) is 126 Å². The number of benzene rings is 11. The molecular formula is C71H48N2. The number of hydrogen-bond donors (Lipinski definition) is 0. The average Bonchev–Trinajstić information content (AvgIpc) is 4.13. The highest BCUT2D eigenvalue weighted by molar-refractivity contribution is 6.13. The van der Waals surface area contributed by atoms with E-state index >= 15 is 0 Å². The smallest absolute Gasteiger partial charge is 0.0755 e. The normalized spacial score (nSPS) is 16.4. The molecule has 4 aliphatic rings. The number of hydrogen-bond acceptors (Lipinski definition) is 1. The highest BCUT2D eigenvalue weighted by Crippen LogP contribution is 2.64. The van der Waals surface area contributed by atoms with Gasteiger partial charge in [0, 0.05) is 33.1 Å². The van der Waals surface area contributed by atoms with Crippen molar-refractivity contribution in [3.8, 4) is 39.1 Å². The lowest BCUT2D eigenvalue weighted by molar-refractivity contribution is 0.660. The van der Waals surface area contributed by atoms with Crippen LogP contribution in [0.2, 0.25) is 0 Å². The highest BCUT2D eigenvalue weighted by Gasteiger charge is 2.52. The Bertz CT molecular complexity index is 4270. The molecule has 1 atom stereocenters. The Morgan fingerprint density at radius 3 is 1.55 bits per heavy atom. The maximum Gasteiger partial charge on any atom is 0.0755 e. The molecule has 342 valence electrons. The van der Waals surface area contributed by atoms with Crippen molar-refractivity contribution in [2.75, 3.05) is 4.90 Å². The number of rotatable bonds is 5. The Morgan fingerprint density at radius 2 is 0.822 bits per heavy atom. The van der Waals surface area contributed by atoms with Gasteiger partial charge in [-0.25, -0.2) is 0 Å². The largest absolute Gasteiger partial charge is 0.310 e. The molecule has 0 saturated heterocycles. The number of anilines is 3. The van der Waals surface area contributed by atoms with Crippen molar-refractivity contribution >= 4 is 38.9 Å². The van der Waals surface area contributed by atoms with E-state index in [1.54, 1.807) is 0 Å². The van der Waals surface area contributed by atoms with Crippen LogP contribution in [-0.4, -0.2) is 4.57 Å². The predicted molar refractivity (Wildman–Crippen MR) is 301 cm³/mol. The minimum absolute atomic E-state index is 0.193. The van der Waals surface area contributed by atoms with E-state index in [0.717, 1.165) is 17.1 Å². The van der Waals surface area contributed by atoms with E-state index in [0.29, 0.717) is 0 Å². The van der Waals surface area contributed by atoms with E-state index in [4.69, 9.17) is 0 Å². The van der Waals surface area contributed by atoms with E-state index in [9.17, 15) is 0 Å². The molecule has 16 rings (SSSR count). The van der Waals surface area contributed by atoms with Crippen LogP contribution in [0.1, 0.15) is 69.5 Å². The molecule has 2 heterocycles. The fourth-order valence-corrected chi connectivity index (χ4v) is 14.6. The third-order valence-electron chi connectivity index (χ3n) is 17.5. The second kappa shape index (κ2) is 14.6. The van der Waals surface area contributed by atoms with E-state index in [2.05, 4.69) is 278 Å². The summed E-state index contributed by atoms with van der Waals surface area (Å²) in [4.78, 5) is 2.60. The van der Waals surface area contributed by atoms with Crippen LogP contribution in [-0.2, 0) is 16.2 Å². The monoisotopic (exact) mass is 928 g/mol. The van der Waals surface area contributed by atoms with E-state index in [1.165, 1.54) is 117 Å². The maximum absolute atomic E-state index is 2.60. The first kappa shape index (κ1) is 40.7. The van der Waals surface area contributed by atoms with Gasteiger partial charge < -0.3 is 9.47 Å². The second-order valence-electron chi connectivity index (χ2n) is 21.1. The highest BCUT2D eigenvalue weighted by atomic mass is 15.1. The molecule has 2 nitrogen and oxygen atoms in total. The summed E-state index contributed by atoms with van der Waals surface area (Å²) in [6, 6.07) is 96.7. The van der Waals surface area contributed by atoms with Crippen molar-refractivity contribution in [3.63, 3.8) is 0 Å². The van der Waals surface area contributed by atoms with E-state index < -0.39 is 10.8 Å². The van der Waals surface area contributed by atoms with Crippen LogP contribution in [0.3, 0.4) is 0 Å².